The highest BCUT2D eigenvalue weighted by atomic mass is 32.2. The van der Waals surface area contributed by atoms with E-state index in [2.05, 4.69) is 19.9 Å². The molecule has 3 heterocycles. The van der Waals surface area contributed by atoms with Crippen molar-refractivity contribution < 1.29 is 21.9 Å². The first-order chi connectivity index (χ1) is 16.0. The number of aromatic hydroxyl groups is 1. The maximum absolute atomic E-state index is 13.5. The monoisotopic (exact) mass is 525 g/mol. The summed E-state index contributed by atoms with van der Waals surface area (Å²) in [5, 5.41) is 14.5. The van der Waals surface area contributed by atoms with Gasteiger partial charge in [0.1, 0.15) is 16.2 Å². The maximum Gasteiger partial charge on any atom is 0.284 e. The summed E-state index contributed by atoms with van der Waals surface area (Å²) in [6.45, 7) is -0.0875. The highest BCUT2D eigenvalue weighted by molar-refractivity contribution is 8.05. The molecule has 1 aromatic heterocycles. The van der Waals surface area contributed by atoms with Crippen LogP contribution in [-0.4, -0.2) is 57.0 Å². The fourth-order valence-corrected chi connectivity index (χ4v) is 7.72. The highest BCUT2D eigenvalue weighted by Gasteiger charge is 2.40. The van der Waals surface area contributed by atoms with E-state index in [0.29, 0.717) is 16.7 Å². The number of aromatic nitrogens is 1. The van der Waals surface area contributed by atoms with Crippen molar-refractivity contribution in [3.63, 3.8) is 0 Å². The van der Waals surface area contributed by atoms with Crippen LogP contribution in [0.2, 0.25) is 0 Å². The molecule has 0 bridgehead atoms. The number of nitrogens with one attached hydrogen (secondary N) is 3. The summed E-state index contributed by atoms with van der Waals surface area (Å²) in [5.74, 6) is -0.921. The zero-order valence-corrected chi connectivity index (χ0v) is 20.6. The van der Waals surface area contributed by atoms with E-state index in [-0.39, 0.29) is 39.7 Å². The lowest BCUT2D eigenvalue weighted by atomic mass is 9.94. The van der Waals surface area contributed by atoms with Gasteiger partial charge >= 0.3 is 0 Å². The van der Waals surface area contributed by atoms with Gasteiger partial charge < -0.3 is 15.8 Å². The van der Waals surface area contributed by atoms with Crippen molar-refractivity contribution in [2.75, 3.05) is 24.0 Å². The molecule has 1 aliphatic carbocycles. The molecule has 5 rings (SSSR count). The summed E-state index contributed by atoms with van der Waals surface area (Å²) < 4.78 is 56.6. The van der Waals surface area contributed by atoms with Crippen LogP contribution in [0.15, 0.2) is 43.4 Å². The van der Waals surface area contributed by atoms with E-state index in [9.17, 15) is 26.7 Å². The lowest BCUT2D eigenvalue weighted by Gasteiger charge is -2.29. The first kappa shape index (κ1) is 23.2. The van der Waals surface area contributed by atoms with Crippen LogP contribution in [0, 0.1) is 5.92 Å². The Kier molecular flexibility index (Phi) is 5.66. The Morgan fingerprint density at radius 3 is 2.71 bits per heavy atom. The summed E-state index contributed by atoms with van der Waals surface area (Å²) in [6, 6.07) is 6.91. The third-order valence-corrected chi connectivity index (χ3v) is 9.56. The van der Waals surface area contributed by atoms with E-state index < -0.39 is 31.5 Å². The number of sulfonamides is 2. The van der Waals surface area contributed by atoms with Gasteiger partial charge in [-0.3, -0.25) is 4.79 Å². The van der Waals surface area contributed by atoms with Gasteiger partial charge in [-0.05, 0) is 31.4 Å². The second-order valence-corrected chi connectivity index (χ2v) is 12.9. The van der Waals surface area contributed by atoms with Crippen LogP contribution in [0.1, 0.15) is 24.8 Å². The fourth-order valence-electron chi connectivity index (χ4n) is 4.14. The number of hydrogen-bond donors (Lipinski definition) is 4. The molecule has 0 saturated heterocycles. The minimum atomic E-state index is -4.22. The van der Waals surface area contributed by atoms with Crippen molar-refractivity contribution in [1.82, 2.24) is 14.7 Å². The molecular weight excluding hydrogens is 502 g/mol. The number of amidine groups is 1. The first-order valence-electron chi connectivity index (χ1n) is 10.6. The molecule has 4 N–H and O–H groups in total. The van der Waals surface area contributed by atoms with Gasteiger partial charge in [0.05, 0.1) is 16.8 Å². The summed E-state index contributed by atoms with van der Waals surface area (Å²) >= 11 is 1.20. The van der Waals surface area contributed by atoms with E-state index >= 15 is 0 Å². The summed E-state index contributed by atoms with van der Waals surface area (Å²) in [5.41, 5.74) is 2.78. The molecule has 14 heteroatoms. The van der Waals surface area contributed by atoms with Crippen molar-refractivity contribution in [2.45, 2.75) is 25.3 Å². The lowest BCUT2D eigenvalue weighted by Crippen LogP contribution is -2.43. The molecule has 182 valence electrons. The smallest absolute Gasteiger partial charge is 0.284 e. The van der Waals surface area contributed by atoms with Crippen molar-refractivity contribution in [1.29, 1.82) is 0 Å². The zero-order valence-electron chi connectivity index (χ0n) is 18.1. The zero-order chi connectivity index (χ0) is 24.3. The van der Waals surface area contributed by atoms with Crippen LogP contribution in [0.25, 0.3) is 10.9 Å². The van der Waals surface area contributed by atoms with E-state index in [0.717, 1.165) is 25.5 Å². The molecule has 34 heavy (non-hydrogen) atoms. The Morgan fingerprint density at radius 1 is 1.29 bits per heavy atom. The number of rotatable bonds is 6. The minimum absolute atomic E-state index is 0.0226. The number of fused-ring (bicyclic) bond motifs is 1. The second kappa shape index (κ2) is 8.29. The van der Waals surface area contributed by atoms with Gasteiger partial charge in [-0.2, -0.15) is 8.42 Å². The molecule has 1 fully saturated rings. The summed E-state index contributed by atoms with van der Waals surface area (Å²) in [7, 11) is -7.72. The van der Waals surface area contributed by atoms with Crippen molar-refractivity contribution in [3.05, 3.63) is 50.1 Å². The van der Waals surface area contributed by atoms with E-state index in [1.54, 1.807) is 24.3 Å². The molecule has 2 aliphatic heterocycles. The molecule has 0 spiro atoms. The molecule has 1 saturated carbocycles. The fraction of sp³-hybridized carbons (Fsp3) is 0.400. The maximum atomic E-state index is 13.5. The topological polar surface area (TPSA) is 159 Å². The van der Waals surface area contributed by atoms with Gasteiger partial charge in [0.15, 0.2) is 5.84 Å². The Balaban J connectivity index is 1.58. The van der Waals surface area contributed by atoms with Gasteiger partial charge in [-0.15, -0.1) is 16.2 Å². The van der Waals surface area contributed by atoms with E-state index in [1.165, 1.54) is 16.4 Å². The predicted octanol–water partition coefficient (Wildman–Crippen LogP) is 0.564. The second-order valence-electron chi connectivity index (χ2n) is 8.50. The summed E-state index contributed by atoms with van der Waals surface area (Å²) in [4.78, 5) is 13.5. The largest absolute Gasteiger partial charge is 0.506 e. The number of thioether (sulfide) groups is 1. The first-order valence-corrected chi connectivity index (χ1v) is 14.9. The third kappa shape index (κ3) is 4.08. The quantitative estimate of drug-likeness (QED) is 0.423. The van der Waals surface area contributed by atoms with Crippen LogP contribution in [-0.2, 0) is 20.0 Å². The molecule has 1 unspecified atom stereocenters. The van der Waals surface area contributed by atoms with Crippen LogP contribution in [0.5, 0.6) is 5.75 Å². The highest BCUT2D eigenvalue weighted by Crippen LogP contribution is 2.41. The molecular formula is C20H23N5O6S3. The molecule has 1 atom stereocenters. The van der Waals surface area contributed by atoms with Gasteiger partial charge in [-0.1, -0.05) is 12.1 Å². The molecule has 1 aromatic carbocycles. The van der Waals surface area contributed by atoms with Crippen molar-refractivity contribution in [2.24, 2.45) is 10.3 Å². The number of benzene rings is 1. The average molecular weight is 526 g/mol. The van der Waals surface area contributed by atoms with Gasteiger partial charge in [0, 0.05) is 29.6 Å². The van der Waals surface area contributed by atoms with Gasteiger partial charge in [0.2, 0.25) is 10.0 Å². The Hall–Kier alpha value is -2.55. The Morgan fingerprint density at radius 2 is 2.03 bits per heavy atom. The predicted molar refractivity (Wildman–Crippen MR) is 131 cm³/mol. The average Bonchev–Trinajstić information content (AvgIpc) is 3.14. The lowest BCUT2D eigenvalue weighted by molar-refractivity contribution is 0.414. The molecule has 3 aliphatic rings. The van der Waals surface area contributed by atoms with Gasteiger partial charge in [0.25, 0.3) is 15.6 Å². The molecule has 2 aromatic rings. The number of nitrogens with zero attached hydrogens (tertiary/aromatic N) is 2. The normalized spacial score (nSPS) is 22.1. The minimum Gasteiger partial charge on any atom is -0.506 e. The van der Waals surface area contributed by atoms with E-state index in [1.807, 2.05) is 0 Å². The Bertz CT molecular complexity index is 1520. The van der Waals surface area contributed by atoms with Crippen molar-refractivity contribution in [3.8, 4) is 5.75 Å². The molecule has 11 nitrogen and oxygen atoms in total. The number of pyridine rings is 1. The van der Waals surface area contributed by atoms with Crippen LogP contribution in [0.3, 0.4) is 0 Å². The van der Waals surface area contributed by atoms with E-state index in [4.69, 9.17) is 0 Å². The molecule has 0 radical (unpaired) electrons. The van der Waals surface area contributed by atoms with Crippen LogP contribution in [0.4, 0.5) is 0 Å². The summed E-state index contributed by atoms with van der Waals surface area (Å²) in [6.07, 6.45) is 3.85. The van der Waals surface area contributed by atoms with Crippen LogP contribution < -0.4 is 21.0 Å². The Labute approximate surface area is 200 Å². The number of hydrogen-bond acceptors (Lipinski definition) is 9. The van der Waals surface area contributed by atoms with Crippen LogP contribution >= 0.6 is 11.8 Å². The number of para-hydroxylation sites is 1. The van der Waals surface area contributed by atoms with Crippen molar-refractivity contribution >= 4 is 48.5 Å². The van der Waals surface area contributed by atoms with Gasteiger partial charge in [-0.25, -0.2) is 17.8 Å². The molecule has 0 amide bonds. The standard InChI is InChI=1S/C20H23N5O6S3/c1-33(28,29)21-9-11-10-32-19-17(11)34(30,31)24-18(22-19)15-16(26)13-7-2-3-8-14(13)25(20(15)27)23-12-5-4-6-12/h2-3,7-8,11-12,21,23,26H,4-6,9-10H2,1H3,(H,22,24). The SMILES string of the molecule is CS(=O)(=O)NCC1CSC2=C1S(=O)(=O)N=C(c1c(O)c3ccccc3n(NC3CCC3)c1=O)N2. The third-order valence-electron chi connectivity index (χ3n) is 6.04.